The number of alkyl halides is 3. The third-order valence-electron chi connectivity index (χ3n) is 2.78. The summed E-state index contributed by atoms with van der Waals surface area (Å²) in [7, 11) is 0. The Kier molecular flexibility index (Phi) is 4.01. The van der Waals surface area contributed by atoms with E-state index < -0.39 is 29.2 Å². The summed E-state index contributed by atoms with van der Waals surface area (Å²) in [5, 5.41) is 9.73. The van der Waals surface area contributed by atoms with Gasteiger partial charge in [0.2, 0.25) is 0 Å². The molecule has 1 nitrogen and oxygen atoms in total. The van der Waals surface area contributed by atoms with Crippen molar-refractivity contribution in [2.75, 3.05) is 0 Å². The van der Waals surface area contributed by atoms with Crippen molar-refractivity contribution in [1.29, 1.82) is 0 Å². The second-order valence-corrected chi connectivity index (χ2v) is 4.60. The van der Waals surface area contributed by atoms with Crippen LogP contribution < -0.4 is 0 Å². The fourth-order valence-electron chi connectivity index (χ4n) is 1.83. The smallest absolute Gasteiger partial charge is 0.384 e. The van der Waals surface area contributed by atoms with Crippen molar-refractivity contribution < 1.29 is 22.7 Å². The van der Waals surface area contributed by atoms with Gasteiger partial charge in [-0.05, 0) is 17.7 Å². The van der Waals surface area contributed by atoms with Gasteiger partial charge in [-0.1, -0.05) is 41.9 Å². The van der Waals surface area contributed by atoms with Crippen molar-refractivity contribution in [3.05, 3.63) is 70.0 Å². The number of benzene rings is 2. The van der Waals surface area contributed by atoms with Crippen LogP contribution in [-0.2, 0) is 6.18 Å². The number of halogens is 5. The topological polar surface area (TPSA) is 20.2 Å². The number of hydrogen-bond acceptors (Lipinski definition) is 1. The van der Waals surface area contributed by atoms with Gasteiger partial charge in [-0.15, -0.1) is 0 Å². The molecular weight excluding hydrogens is 296 g/mol. The maximum Gasteiger partial charge on any atom is 0.419 e. The lowest BCUT2D eigenvalue weighted by molar-refractivity contribution is -0.140. The molecule has 0 saturated carbocycles. The Morgan fingerprint density at radius 2 is 1.65 bits per heavy atom. The van der Waals surface area contributed by atoms with E-state index in [-0.39, 0.29) is 10.6 Å². The summed E-state index contributed by atoms with van der Waals surface area (Å²) >= 11 is 5.58. The molecule has 0 saturated heterocycles. The Balaban J connectivity index is 2.55. The van der Waals surface area contributed by atoms with Gasteiger partial charge in [0, 0.05) is 10.6 Å². The third-order valence-corrected chi connectivity index (χ3v) is 3.00. The highest BCUT2D eigenvalue weighted by Crippen LogP contribution is 2.37. The maximum atomic E-state index is 13.9. The van der Waals surface area contributed by atoms with Crippen LogP contribution in [0.2, 0.25) is 5.02 Å². The van der Waals surface area contributed by atoms with E-state index in [1.54, 1.807) is 18.2 Å². The van der Waals surface area contributed by atoms with Crippen LogP contribution in [-0.4, -0.2) is 5.11 Å². The van der Waals surface area contributed by atoms with E-state index in [9.17, 15) is 22.7 Å². The molecule has 0 amide bonds. The molecule has 2 aromatic carbocycles. The summed E-state index contributed by atoms with van der Waals surface area (Å²) in [4.78, 5) is 0. The van der Waals surface area contributed by atoms with E-state index in [1.165, 1.54) is 12.1 Å². The number of aliphatic hydroxyl groups is 1. The zero-order valence-corrected chi connectivity index (χ0v) is 10.7. The van der Waals surface area contributed by atoms with E-state index in [1.807, 2.05) is 0 Å². The fourth-order valence-corrected chi connectivity index (χ4v) is 2.06. The third kappa shape index (κ3) is 2.94. The molecule has 0 aromatic heterocycles. The van der Waals surface area contributed by atoms with Crippen LogP contribution in [0.4, 0.5) is 17.6 Å². The molecule has 0 bridgehead atoms. The van der Waals surface area contributed by atoms with Crippen molar-refractivity contribution >= 4 is 11.6 Å². The van der Waals surface area contributed by atoms with Gasteiger partial charge >= 0.3 is 6.18 Å². The van der Waals surface area contributed by atoms with Crippen LogP contribution >= 0.6 is 11.6 Å². The Morgan fingerprint density at radius 1 is 1.05 bits per heavy atom. The molecule has 6 heteroatoms. The van der Waals surface area contributed by atoms with Crippen molar-refractivity contribution in [2.24, 2.45) is 0 Å². The Bertz CT molecular complexity index is 611. The second kappa shape index (κ2) is 5.42. The fraction of sp³-hybridized carbons (Fsp3) is 0.143. The molecule has 0 aliphatic carbocycles. The average molecular weight is 305 g/mol. The number of rotatable bonds is 2. The van der Waals surface area contributed by atoms with Gasteiger partial charge in [0.15, 0.2) is 0 Å². The highest BCUT2D eigenvalue weighted by atomic mass is 35.5. The first-order valence-electron chi connectivity index (χ1n) is 5.60. The van der Waals surface area contributed by atoms with Gasteiger partial charge in [0.1, 0.15) is 11.9 Å². The van der Waals surface area contributed by atoms with E-state index in [0.717, 1.165) is 6.07 Å². The first-order valence-corrected chi connectivity index (χ1v) is 5.97. The molecule has 0 fully saturated rings. The van der Waals surface area contributed by atoms with E-state index in [0.29, 0.717) is 6.07 Å². The summed E-state index contributed by atoms with van der Waals surface area (Å²) in [6, 6.07) is 9.31. The van der Waals surface area contributed by atoms with Crippen LogP contribution in [0.25, 0.3) is 0 Å². The van der Waals surface area contributed by atoms with Gasteiger partial charge in [-0.2, -0.15) is 13.2 Å². The van der Waals surface area contributed by atoms with Crippen LogP contribution in [0.5, 0.6) is 0 Å². The summed E-state index contributed by atoms with van der Waals surface area (Å²) in [5.41, 5.74) is -1.72. The van der Waals surface area contributed by atoms with Crippen LogP contribution in [0.15, 0.2) is 42.5 Å². The monoisotopic (exact) mass is 304 g/mol. The Morgan fingerprint density at radius 3 is 2.20 bits per heavy atom. The number of aliphatic hydroxyl groups excluding tert-OH is 1. The van der Waals surface area contributed by atoms with Crippen LogP contribution in [0.1, 0.15) is 22.8 Å². The molecule has 20 heavy (non-hydrogen) atoms. The first kappa shape index (κ1) is 14.8. The van der Waals surface area contributed by atoms with E-state index in [4.69, 9.17) is 11.6 Å². The summed E-state index contributed by atoms with van der Waals surface area (Å²) < 4.78 is 52.0. The second-order valence-electron chi connectivity index (χ2n) is 4.17. The molecule has 0 aliphatic heterocycles. The SMILES string of the molecule is OC(c1ccccc1)c1cc(Cl)cc(C(F)(F)F)c1F. The highest BCUT2D eigenvalue weighted by Gasteiger charge is 2.36. The lowest BCUT2D eigenvalue weighted by Gasteiger charge is -2.16. The molecule has 1 atom stereocenters. The van der Waals surface area contributed by atoms with Crippen molar-refractivity contribution in [3.63, 3.8) is 0 Å². The van der Waals surface area contributed by atoms with Crippen LogP contribution in [0.3, 0.4) is 0 Å². The minimum atomic E-state index is -4.87. The van der Waals surface area contributed by atoms with Gasteiger partial charge in [0.05, 0.1) is 5.56 Å². The normalized spacial score (nSPS) is 13.3. The average Bonchev–Trinajstić information content (AvgIpc) is 2.40. The van der Waals surface area contributed by atoms with Crippen molar-refractivity contribution in [3.8, 4) is 0 Å². The molecule has 0 radical (unpaired) electrons. The molecule has 0 aliphatic rings. The summed E-state index contributed by atoms with van der Waals surface area (Å²) in [6.07, 6.45) is -6.39. The van der Waals surface area contributed by atoms with Gasteiger partial charge in [0.25, 0.3) is 0 Å². The number of hydrogen-bond donors (Lipinski definition) is 1. The van der Waals surface area contributed by atoms with Crippen molar-refractivity contribution in [2.45, 2.75) is 12.3 Å². The first-order chi connectivity index (χ1) is 9.30. The Hall–Kier alpha value is -1.59. The highest BCUT2D eigenvalue weighted by molar-refractivity contribution is 6.30. The summed E-state index contributed by atoms with van der Waals surface area (Å²) in [6.45, 7) is 0. The molecule has 1 N–H and O–H groups in total. The molecule has 0 heterocycles. The minimum Gasteiger partial charge on any atom is -0.384 e. The van der Waals surface area contributed by atoms with E-state index in [2.05, 4.69) is 0 Å². The standard InChI is InChI=1S/C14H9ClF4O/c15-9-6-10(12(16)11(7-9)14(17,18)19)13(20)8-4-2-1-3-5-8/h1-7,13,20H. The van der Waals surface area contributed by atoms with Gasteiger partial charge in [-0.3, -0.25) is 0 Å². The van der Waals surface area contributed by atoms with Gasteiger partial charge in [-0.25, -0.2) is 4.39 Å². The van der Waals surface area contributed by atoms with E-state index >= 15 is 0 Å². The molecule has 1 unspecified atom stereocenters. The zero-order valence-electron chi connectivity index (χ0n) is 9.96. The predicted molar refractivity (Wildman–Crippen MR) is 66.9 cm³/mol. The summed E-state index contributed by atoms with van der Waals surface area (Å²) in [5.74, 6) is -1.52. The molecule has 106 valence electrons. The zero-order chi connectivity index (χ0) is 14.9. The molecule has 2 aromatic rings. The molecule has 0 spiro atoms. The maximum absolute atomic E-state index is 13.9. The largest absolute Gasteiger partial charge is 0.419 e. The Labute approximate surface area is 117 Å². The minimum absolute atomic E-state index is 0.279. The molecule has 2 rings (SSSR count). The lowest BCUT2D eigenvalue weighted by Crippen LogP contribution is -2.12. The van der Waals surface area contributed by atoms with Gasteiger partial charge < -0.3 is 5.11 Å². The quantitative estimate of drug-likeness (QED) is 0.805. The van der Waals surface area contributed by atoms with Crippen LogP contribution in [0, 0.1) is 5.82 Å². The lowest BCUT2D eigenvalue weighted by atomic mass is 9.98. The molecular formula is C14H9ClF4O. The van der Waals surface area contributed by atoms with Crippen molar-refractivity contribution in [1.82, 2.24) is 0 Å². The predicted octanol–water partition coefficient (Wildman–Crippen LogP) is 4.58.